The highest BCUT2D eigenvalue weighted by Gasteiger charge is 2.33. The van der Waals surface area contributed by atoms with Crippen LogP contribution >= 0.6 is 0 Å². The maximum absolute atomic E-state index is 12.7. The van der Waals surface area contributed by atoms with E-state index in [0.717, 1.165) is 71.0 Å². The molecule has 5 nitrogen and oxygen atoms in total. The molecular formula is C24H37N3O2. The Morgan fingerprint density at radius 3 is 2.34 bits per heavy atom. The van der Waals surface area contributed by atoms with Crippen LogP contribution in [0.25, 0.3) is 0 Å². The Hall–Kier alpha value is -1.59. The number of rotatable bonds is 6. The van der Waals surface area contributed by atoms with Crippen molar-refractivity contribution in [3.05, 3.63) is 29.8 Å². The number of hydrogen-bond donors (Lipinski definition) is 0. The molecule has 3 heterocycles. The maximum Gasteiger partial charge on any atom is 0.225 e. The SMILES string of the molecule is CCOc1ccccc1CN1CCC(N2CCC(C(=O)N3CCCC3)CC2)CC1. The average Bonchev–Trinajstić information content (AvgIpc) is 3.30. The van der Waals surface area contributed by atoms with Gasteiger partial charge in [0.2, 0.25) is 5.91 Å². The van der Waals surface area contributed by atoms with Gasteiger partial charge in [-0.2, -0.15) is 0 Å². The number of amides is 1. The summed E-state index contributed by atoms with van der Waals surface area (Å²) in [6.07, 6.45) is 6.97. The van der Waals surface area contributed by atoms with E-state index in [1.165, 1.54) is 31.2 Å². The van der Waals surface area contributed by atoms with Crippen LogP contribution in [0.15, 0.2) is 24.3 Å². The van der Waals surface area contributed by atoms with Gasteiger partial charge in [-0.25, -0.2) is 0 Å². The largest absolute Gasteiger partial charge is 0.494 e. The van der Waals surface area contributed by atoms with Gasteiger partial charge in [0.15, 0.2) is 0 Å². The third-order valence-electron chi connectivity index (χ3n) is 7.04. The first kappa shape index (κ1) is 20.7. The van der Waals surface area contributed by atoms with Gasteiger partial charge in [0.05, 0.1) is 6.61 Å². The fourth-order valence-electron chi connectivity index (χ4n) is 5.32. The Morgan fingerprint density at radius 1 is 0.966 bits per heavy atom. The van der Waals surface area contributed by atoms with Crippen molar-refractivity contribution >= 4 is 5.91 Å². The van der Waals surface area contributed by atoms with Crippen LogP contribution in [0.4, 0.5) is 0 Å². The fraction of sp³-hybridized carbons (Fsp3) is 0.708. The van der Waals surface area contributed by atoms with Crippen molar-refractivity contribution in [3.8, 4) is 5.75 Å². The summed E-state index contributed by atoms with van der Waals surface area (Å²) in [5, 5.41) is 0. The van der Waals surface area contributed by atoms with E-state index < -0.39 is 0 Å². The summed E-state index contributed by atoms with van der Waals surface area (Å²) in [6.45, 7) is 10.2. The monoisotopic (exact) mass is 399 g/mol. The van der Waals surface area contributed by atoms with Crippen LogP contribution < -0.4 is 4.74 Å². The second-order valence-corrected chi connectivity index (χ2v) is 8.89. The van der Waals surface area contributed by atoms with Gasteiger partial charge in [0.25, 0.3) is 0 Å². The first-order valence-electron chi connectivity index (χ1n) is 11.7. The van der Waals surface area contributed by atoms with Crippen molar-refractivity contribution in [3.63, 3.8) is 0 Å². The van der Waals surface area contributed by atoms with Crippen LogP contribution in [0.3, 0.4) is 0 Å². The highest BCUT2D eigenvalue weighted by Crippen LogP contribution is 2.27. The lowest BCUT2D eigenvalue weighted by molar-refractivity contribution is -0.136. The second kappa shape index (κ2) is 9.94. The number of carbonyl (C=O) groups is 1. The molecule has 3 aliphatic rings. The third-order valence-corrected chi connectivity index (χ3v) is 7.04. The summed E-state index contributed by atoms with van der Waals surface area (Å²) >= 11 is 0. The molecule has 0 spiro atoms. The molecule has 0 bridgehead atoms. The summed E-state index contributed by atoms with van der Waals surface area (Å²) in [4.78, 5) is 20.0. The molecule has 0 saturated carbocycles. The van der Waals surface area contributed by atoms with Crippen molar-refractivity contribution in [2.24, 2.45) is 5.92 Å². The topological polar surface area (TPSA) is 36.0 Å². The maximum atomic E-state index is 12.7. The summed E-state index contributed by atoms with van der Waals surface area (Å²) in [7, 11) is 0. The molecule has 0 aromatic heterocycles. The highest BCUT2D eigenvalue weighted by molar-refractivity contribution is 5.79. The summed E-state index contributed by atoms with van der Waals surface area (Å²) < 4.78 is 5.80. The van der Waals surface area contributed by atoms with Crippen molar-refractivity contribution in [1.29, 1.82) is 0 Å². The molecule has 5 heteroatoms. The molecule has 1 aromatic carbocycles. The van der Waals surface area contributed by atoms with Gasteiger partial charge in [-0.05, 0) is 77.7 Å². The van der Waals surface area contributed by atoms with Crippen LogP contribution in [0.1, 0.15) is 51.0 Å². The molecule has 0 unspecified atom stereocenters. The standard InChI is InChI=1S/C24H37N3O2/c1-2-29-23-8-4-3-7-21(23)19-25-15-11-22(12-16-25)26-17-9-20(10-18-26)24(28)27-13-5-6-14-27/h3-4,7-8,20,22H,2,5-6,9-19H2,1H3. The molecule has 3 saturated heterocycles. The minimum absolute atomic E-state index is 0.277. The minimum atomic E-state index is 0.277. The van der Waals surface area contributed by atoms with E-state index >= 15 is 0 Å². The zero-order chi connectivity index (χ0) is 20.1. The second-order valence-electron chi connectivity index (χ2n) is 8.89. The molecule has 1 aromatic rings. The summed E-state index contributed by atoms with van der Waals surface area (Å²) in [5.41, 5.74) is 1.30. The molecule has 4 rings (SSSR count). The van der Waals surface area contributed by atoms with E-state index in [4.69, 9.17) is 4.74 Å². The number of hydrogen-bond acceptors (Lipinski definition) is 4. The first-order chi connectivity index (χ1) is 14.2. The zero-order valence-electron chi connectivity index (χ0n) is 18.0. The van der Waals surface area contributed by atoms with Gasteiger partial charge in [0.1, 0.15) is 5.75 Å². The number of nitrogens with zero attached hydrogens (tertiary/aromatic N) is 3. The Balaban J connectivity index is 1.22. The van der Waals surface area contributed by atoms with Crippen LogP contribution in [-0.4, -0.2) is 72.5 Å². The molecule has 1 amide bonds. The normalized spacial score (nSPS) is 22.9. The lowest BCUT2D eigenvalue weighted by atomic mass is 9.92. The lowest BCUT2D eigenvalue weighted by Crippen LogP contribution is -2.49. The molecule has 0 atom stereocenters. The molecule has 3 aliphatic heterocycles. The molecule has 0 aliphatic carbocycles. The van der Waals surface area contributed by atoms with E-state index in [9.17, 15) is 4.79 Å². The number of para-hydroxylation sites is 1. The lowest BCUT2D eigenvalue weighted by Gasteiger charge is -2.42. The van der Waals surface area contributed by atoms with Crippen molar-refractivity contribution < 1.29 is 9.53 Å². The Kier molecular flexibility index (Phi) is 7.09. The van der Waals surface area contributed by atoms with E-state index in [1.807, 2.05) is 6.92 Å². The smallest absolute Gasteiger partial charge is 0.225 e. The van der Waals surface area contributed by atoms with Gasteiger partial charge in [-0.15, -0.1) is 0 Å². The number of ether oxygens (including phenoxy) is 1. The van der Waals surface area contributed by atoms with Crippen molar-refractivity contribution in [2.75, 3.05) is 45.9 Å². The molecular weight excluding hydrogens is 362 g/mol. The number of benzene rings is 1. The molecule has 3 fully saturated rings. The van der Waals surface area contributed by atoms with Gasteiger partial charge in [-0.1, -0.05) is 18.2 Å². The van der Waals surface area contributed by atoms with E-state index in [1.54, 1.807) is 0 Å². The Bertz CT molecular complexity index is 658. The van der Waals surface area contributed by atoms with E-state index in [-0.39, 0.29) is 5.92 Å². The van der Waals surface area contributed by atoms with Gasteiger partial charge >= 0.3 is 0 Å². The van der Waals surface area contributed by atoms with Crippen molar-refractivity contribution in [1.82, 2.24) is 14.7 Å². The highest BCUT2D eigenvalue weighted by atomic mass is 16.5. The quantitative estimate of drug-likeness (QED) is 0.735. The number of carbonyl (C=O) groups excluding carboxylic acids is 1. The predicted octanol–water partition coefficient (Wildman–Crippen LogP) is 3.38. The number of piperidine rings is 2. The first-order valence-corrected chi connectivity index (χ1v) is 11.7. The molecule has 29 heavy (non-hydrogen) atoms. The zero-order valence-corrected chi connectivity index (χ0v) is 18.0. The average molecular weight is 400 g/mol. The predicted molar refractivity (Wildman–Crippen MR) is 116 cm³/mol. The van der Waals surface area contributed by atoms with Crippen LogP contribution in [0, 0.1) is 5.92 Å². The third kappa shape index (κ3) is 5.13. The fourth-order valence-corrected chi connectivity index (χ4v) is 5.32. The number of likely N-dealkylation sites (tertiary alicyclic amines) is 3. The van der Waals surface area contributed by atoms with Gasteiger partial charge < -0.3 is 14.5 Å². The van der Waals surface area contributed by atoms with Crippen LogP contribution in [-0.2, 0) is 11.3 Å². The molecule has 160 valence electrons. The molecule has 0 N–H and O–H groups in total. The van der Waals surface area contributed by atoms with Crippen LogP contribution in [0.5, 0.6) is 5.75 Å². The van der Waals surface area contributed by atoms with E-state index in [2.05, 4.69) is 39.0 Å². The van der Waals surface area contributed by atoms with Crippen LogP contribution in [0.2, 0.25) is 0 Å². The van der Waals surface area contributed by atoms with E-state index in [0.29, 0.717) is 11.9 Å². The molecule has 0 radical (unpaired) electrons. The summed E-state index contributed by atoms with van der Waals surface area (Å²) in [6, 6.07) is 9.13. The summed E-state index contributed by atoms with van der Waals surface area (Å²) in [5.74, 6) is 1.74. The minimum Gasteiger partial charge on any atom is -0.494 e. The Labute approximate surface area is 176 Å². The van der Waals surface area contributed by atoms with Gasteiger partial charge in [-0.3, -0.25) is 9.69 Å². The Morgan fingerprint density at radius 2 is 1.66 bits per heavy atom. The van der Waals surface area contributed by atoms with Gasteiger partial charge in [0, 0.05) is 37.2 Å². The van der Waals surface area contributed by atoms with Crippen molar-refractivity contribution in [2.45, 2.75) is 58.0 Å².